The number of rotatable bonds is 5. The first-order valence-electron chi connectivity index (χ1n) is 8.66. The molecule has 1 amide bonds. The maximum atomic E-state index is 12.6. The monoisotopic (exact) mass is 395 g/mol. The Morgan fingerprint density at radius 1 is 1.15 bits per heavy atom. The summed E-state index contributed by atoms with van der Waals surface area (Å²) in [7, 11) is 1.90. The second-order valence-corrected chi connectivity index (χ2v) is 7.77. The highest BCUT2D eigenvalue weighted by molar-refractivity contribution is 7.20. The summed E-state index contributed by atoms with van der Waals surface area (Å²) in [6.45, 7) is 0.610. The number of aromatic nitrogens is 2. The fourth-order valence-corrected chi connectivity index (χ4v) is 4.14. The Hall–Kier alpha value is -2.63. The Kier molecular flexibility index (Phi) is 4.97. The third kappa shape index (κ3) is 3.75. The predicted octanol–water partition coefficient (Wildman–Crippen LogP) is 4.93. The molecular formula is C21H18ClN3OS. The number of nitrogens with zero attached hydrogens (tertiary/aromatic N) is 2. The lowest BCUT2D eigenvalue weighted by atomic mass is 10.1. The van der Waals surface area contributed by atoms with E-state index in [1.54, 1.807) is 0 Å². The van der Waals surface area contributed by atoms with Crippen molar-refractivity contribution in [2.24, 2.45) is 7.05 Å². The molecule has 27 heavy (non-hydrogen) atoms. The number of fused-ring (bicyclic) bond motifs is 1. The van der Waals surface area contributed by atoms with Crippen LogP contribution in [-0.2, 0) is 13.5 Å². The van der Waals surface area contributed by atoms with Crippen LogP contribution in [-0.4, -0.2) is 22.2 Å². The van der Waals surface area contributed by atoms with E-state index in [-0.39, 0.29) is 5.91 Å². The van der Waals surface area contributed by atoms with Crippen LogP contribution >= 0.6 is 22.9 Å². The van der Waals surface area contributed by atoms with Crippen molar-refractivity contribution in [1.82, 2.24) is 15.1 Å². The van der Waals surface area contributed by atoms with Gasteiger partial charge in [0.1, 0.15) is 10.5 Å². The van der Waals surface area contributed by atoms with Crippen LogP contribution in [0, 0.1) is 0 Å². The molecule has 2 heterocycles. The zero-order valence-corrected chi connectivity index (χ0v) is 16.3. The van der Waals surface area contributed by atoms with Crippen LogP contribution in [0.1, 0.15) is 15.2 Å². The molecule has 2 aromatic heterocycles. The minimum Gasteiger partial charge on any atom is -0.351 e. The smallest absolute Gasteiger partial charge is 0.261 e. The molecule has 0 aliphatic rings. The summed E-state index contributed by atoms with van der Waals surface area (Å²) < 4.78 is 1.82. The Morgan fingerprint density at radius 2 is 1.89 bits per heavy atom. The van der Waals surface area contributed by atoms with Gasteiger partial charge in [-0.05, 0) is 30.2 Å². The summed E-state index contributed by atoms with van der Waals surface area (Å²) in [4.78, 5) is 14.2. The van der Waals surface area contributed by atoms with Crippen molar-refractivity contribution < 1.29 is 4.79 Å². The van der Waals surface area contributed by atoms with Crippen molar-refractivity contribution in [2.45, 2.75) is 6.42 Å². The summed E-state index contributed by atoms with van der Waals surface area (Å²) in [6, 6.07) is 19.7. The van der Waals surface area contributed by atoms with E-state index in [1.165, 1.54) is 16.9 Å². The summed E-state index contributed by atoms with van der Waals surface area (Å²) in [5.41, 5.74) is 3.06. The molecule has 0 atom stereocenters. The molecule has 4 nitrogen and oxygen atoms in total. The van der Waals surface area contributed by atoms with Gasteiger partial charge in [-0.1, -0.05) is 54.1 Å². The fraction of sp³-hybridized carbons (Fsp3) is 0.143. The molecule has 0 radical (unpaired) electrons. The number of nitrogens with one attached hydrogen (secondary N) is 1. The molecule has 0 aliphatic carbocycles. The van der Waals surface area contributed by atoms with Crippen molar-refractivity contribution >= 4 is 39.1 Å². The maximum absolute atomic E-state index is 12.6. The van der Waals surface area contributed by atoms with Gasteiger partial charge >= 0.3 is 0 Å². The Balaban J connectivity index is 1.53. The summed E-state index contributed by atoms with van der Waals surface area (Å²) >= 11 is 7.44. The van der Waals surface area contributed by atoms with E-state index < -0.39 is 0 Å². The first kappa shape index (κ1) is 17.8. The molecule has 0 saturated heterocycles. The predicted molar refractivity (Wildman–Crippen MR) is 112 cm³/mol. The minimum atomic E-state index is -0.0470. The third-order valence-corrected chi connectivity index (χ3v) is 5.85. The number of hydrogen-bond donors (Lipinski definition) is 1. The molecule has 6 heteroatoms. The number of halogens is 1. The lowest BCUT2D eigenvalue weighted by Gasteiger charge is -2.03. The van der Waals surface area contributed by atoms with Gasteiger partial charge in [0.05, 0.1) is 4.88 Å². The zero-order chi connectivity index (χ0) is 18.8. The van der Waals surface area contributed by atoms with Gasteiger partial charge in [0.2, 0.25) is 0 Å². The summed E-state index contributed by atoms with van der Waals surface area (Å²) in [5, 5.41) is 9.29. The van der Waals surface area contributed by atoms with Crippen LogP contribution in [0.5, 0.6) is 0 Å². The van der Waals surface area contributed by atoms with Gasteiger partial charge in [-0.15, -0.1) is 11.3 Å². The van der Waals surface area contributed by atoms with E-state index in [0.29, 0.717) is 16.4 Å². The fourth-order valence-electron chi connectivity index (χ4n) is 3.03. The van der Waals surface area contributed by atoms with Crippen molar-refractivity contribution in [3.63, 3.8) is 0 Å². The van der Waals surface area contributed by atoms with Crippen LogP contribution < -0.4 is 5.32 Å². The number of benzene rings is 2. The number of carbonyl (C=O) groups excluding carboxylic acids is 1. The van der Waals surface area contributed by atoms with Gasteiger partial charge < -0.3 is 5.32 Å². The Morgan fingerprint density at radius 3 is 2.63 bits per heavy atom. The van der Waals surface area contributed by atoms with E-state index in [0.717, 1.165) is 27.9 Å². The molecule has 0 bridgehead atoms. The molecule has 4 rings (SSSR count). The molecule has 0 saturated carbocycles. The first-order chi connectivity index (χ1) is 13.1. The van der Waals surface area contributed by atoms with Crippen molar-refractivity contribution in [3.05, 3.63) is 76.1 Å². The van der Waals surface area contributed by atoms with Gasteiger partial charge in [0, 0.05) is 29.6 Å². The van der Waals surface area contributed by atoms with E-state index in [9.17, 15) is 4.79 Å². The van der Waals surface area contributed by atoms with Crippen molar-refractivity contribution in [2.75, 3.05) is 6.54 Å². The number of aryl methyl sites for hydroxylation is 1. The quantitative estimate of drug-likeness (QED) is 0.521. The Bertz CT molecular complexity index is 1080. The number of carbonyl (C=O) groups is 1. The van der Waals surface area contributed by atoms with Crippen molar-refractivity contribution in [3.8, 4) is 11.3 Å². The van der Waals surface area contributed by atoms with Crippen LogP contribution in [0.3, 0.4) is 0 Å². The van der Waals surface area contributed by atoms with E-state index in [1.807, 2.05) is 60.3 Å². The highest BCUT2D eigenvalue weighted by Gasteiger charge is 2.17. The number of amides is 1. The molecule has 2 aromatic carbocycles. The second kappa shape index (κ2) is 7.55. The van der Waals surface area contributed by atoms with Gasteiger partial charge in [0.25, 0.3) is 5.91 Å². The number of thiophene rings is 1. The lowest BCUT2D eigenvalue weighted by Crippen LogP contribution is -2.24. The van der Waals surface area contributed by atoms with Gasteiger partial charge in [0.15, 0.2) is 0 Å². The molecule has 0 spiro atoms. The second-order valence-electron chi connectivity index (χ2n) is 6.30. The molecule has 0 unspecified atom stereocenters. The van der Waals surface area contributed by atoms with Gasteiger partial charge in [-0.25, -0.2) is 0 Å². The average Bonchev–Trinajstić information content (AvgIpc) is 3.24. The molecule has 0 aliphatic heterocycles. The zero-order valence-electron chi connectivity index (χ0n) is 14.8. The number of hydrogen-bond acceptors (Lipinski definition) is 3. The van der Waals surface area contributed by atoms with Crippen molar-refractivity contribution in [1.29, 1.82) is 0 Å². The standard InChI is InChI=1S/C21H18ClN3OS/c1-25-21-17(19(24-25)15-7-9-16(22)10-8-15)13-18(27-21)20(26)23-12-11-14-5-3-2-4-6-14/h2-10,13H,11-12H2,1H3,(H,23,26). The minimum absolute atomic E-state index is 0.0470. The third-order valence-electron chi connectivity index (χ3n) is 4.40. The van der Waals surface area contributed by atoms with Crippen LogP contribution in [0.2, 0.25) is 5.02 Å². The molecule has 136 valence electrons. The lowest BCUT2D eigenvalue weighted by molar-refractivity contribution is 0.0958. The highest BCUT2D eigenvalue weighted by Crippen LogP contribution is 2.34. The molecular weight excluding hydrogens is 378 g/mol. The molecule has 4 aromatic rings. The van der Waals surface area contributed by atoms with Gasteiger partial charge in [-0.3, -0.25) is 9.48 Å². The summed E-state index contributed by atoms with van der Waals surface area (Å²) in [5.74, 6) is -0.0470. The average molecular weight is 396 g/mol. The largest absolute Gasteiger partial charge is 0.351 e. The van der Waals surface area contributed by atoms with E-state index >= 15 is 0 Å². The topological polar surface area (TPSA) is 46.9 Å². The SMILES string of the molecule is Cn1nc(-c2ccc(Cl)cc2)c2cc(C(=O)NCCc3ccccc3)sc21. The van der Waals surface area contributed by atoms with Crippen LogP contribution in [0.4, 0.5) is 0 Å². The van der Waals surface area contributed by atoms with Crippen LogP contribution in [0.15, 0.2) is 60.7 Å². The molecule has 0 fully saturated rings. The Labute approximate surface area is 166 Å². The first-order valence-corrected chi connectivity index (χ1v) is 9.86. The highest BCUT2D eigenvalue weighted by atomic mass is 35.5. The normalized spacial score (nSPS) is 11.0. The van der Waals surface area contributed by atoms with Crippen LogP contribution in [0.25, 0.3) is 21.5 Å². The van der Waals surface area contributed by atoms with E-state index in [2.05, 4.69) is 22.5 Å². The molecule has 1 N–H and O–H groups in total. The maximum Gasteiger partial charge on any atom is 0.261 e. The summed E-state index contributed by atoms with van der Waals surface area (Å²) in [6.07, 6.45) is 0.815. The van der Waals surface area contributed by atoms with E-state index in [4.69, 9.17) is 11.6 Å². The van der Waals surface area contributed by atoms with Gasteiger partial charge in [-0.2, -0.15) is 5.10 Å².